The van der Waals surface area contributed by atoms with Gasteiger partial charge in [-0.15, -0.1) is 0 Å². The van der Waals surface area contributed by atoms with Crippen molar-refractivity contribution in [1.29, 1.82) is 0 Å². The molecule has 1 unspecified atom stereocenters. The first kappa shape index (κ1) is 15.5. The van der Waals surface area contributed by atoms with Crippen LogP contribution in [0.3, 0.4) is 0 Å². The van der Waals surface area contributed by atoms with Crippen LogP contribution in [0.2, 0.25) is 0 Å². The van der Waals surface area contributed by atoms with Gasteiger partial charge in [-0.05, 0) is 23.9 Å². The molecule has 3 N–H and O–H groups in total. The quantitative estimate of drug-likeness (QED) is 0.724. The first-order valence-corrected chi connectivity index (χ1v) is 7.28. The van der Waals surface area contributed by atoms with E-state index in [4.69, 9.17) is 10.5 Å². The summed E-state index contributed by atoms with van der Waals surface area (Å²) in [7, 11) is 1.57. The van der Waals surface area contributed by atoms with Crippen molar-refractivity contribution < 1.29 is 9.53 Å². The van der Waals surface area contributed by atoms with E-state index in [1.807, 2.05) is 12.1 Å². The summed E-state index contributed by atoms with van der Waals surface area (Å²) >= 11 is 0. The number of nitrogens with zero attached hydrogens (tertiary/aromatic N) is 1. The lowest BCUT2D eigenvalue weighted by Gasteiger charge is -2.12. The Hall–Kier alpha value is -1.85. The largest absolute Gasteiger partial charge is 0.380 e. The fourth-order valence-electron chi connectivity index (χ4n) is 2.35. The molecule has 0 saturated carbocycles. The fraction of sp³-hybridized carbons (Fsp3) is 0.438. The van der Waals surface area contributed by atoms with Crippen molar-refractivity contribution in [2.75, 3.05) is 20.2 Å². The molecule has 0 spiro atoms. The number of para-hydroxylation sites is 1. The van der Waals surface area contributed by atoms with E-state index in [1.54, 1.807) is 7.11 Å². The average Bonchev–Trinajstić information content (AvgIpc) is 2.92. The number of benzene rings is 1. The Morgan fingerprint density at radius 2 is 2.19 bits per heavy atom. The number of carbonyl (C=O) groups excluding carboxylic acids is 1. The minimum absolute atomic E-state index is 0.00957. The number of rotatable bonds is 8. The first-order chi connectivity index (χ1) is 10.2. The van der Waals surface area contributed by atoms with Gasteiger partial charge in [-0.25, -0.2) is 0 Å². The number of aromatic nitrogens is 1. The number of hydrogen-bond acceptors (Lipinski definition) is 3. The fourth-order valence-corrected chi connectivity index (χ4v) is 2.35. The van der Waals surface area contributed by atoms with Gasteiger partial charge in [0.1, 0.15) is 0 Å². The lowest BCUT2D eigenvalue weighted by molar-refractivity contribution is -0.123. The summed E-state index contributed by atoms with van der Waals surface area (Å²) in [4.78, 5) is 11.7. The van der Waals surface area contributed by atoms with Gasteiger partial charge in [0, 0.05) is 38.5 Å². The highest BCUT2D eigenvalue weighted by atomic mass is 16.5. The second-order valence-corrected chi connectivity index (χ2v) is 5.07. The highest BCUT2D eigenvalue weighted by Crippen LogP contribution is 2.15. The molecule has 0 radical (unpaired) electrons. The second kappa shape index (κ2) is 7.81. The third kappa shape index (κ3) is 4.31. The van der Waals surface area contributed by atoms with E-state index < -0.39 is 0 Å². The van der Waals surface area contributed by atoms with Gasteiger partial charge in [0.25, 0.3) is 0 Å². The Balaban J connectivity index is 1.73. The van der Waals surface area contributed by atoms with Gasteiger partial charge in [-0.2, -0.15) is 0 Å². The van der Waals surface area contributed by atoms with Crippen molar-refractivity contribution >= 4 is 16.8 Å². The number of nitrogens with two attached hydrogens (primary N) is 1. The van der Waals surface area contributed by atoms with Gasteiger partial charge in [-0.1, -0.05) is 18.2 Å². The van der Waals surface area contributed by atoms with Crippen molar-refractivity contribution in [2.45, 2.75) is 25.5 Å². The number of hydrogen-bond donors (Lipinski definition) is 2. The number of aryl methyl sites for hydroxylation is 1. The molecule has 0 fully saturated rings. The summed E-state index contributed by atoms with van der Waals surface area (Å²) in [6, 6.07) is 10.4. The Morgan fingerprint density at radius 1 is 1.38 bits per heavy atom. The standard InChI is InChI=1S/C16H23N3O2/c1-21-14(12-17)11-16(20)18-8-4-9-19-10-7-13-5-2-3-6-15(13)19/h2-3,5-7,10,14H,4,8-9,11-12,17H2,1H3,(H,18,20). The molecule has 0 aliphatic heterocycles. The smallest absolute Gasteiger partial charge is 0.222 e. The lowest BCUT2D eigenvalue weighted by Crippen LogP contribution is -2.32. The molecule has 2 rings (SSSR count). The Bertz CT molecular complexity index is 576. The molecule has 0 saturated heterocycles. The van der Waals surface area contributed by atoms with Crippen molar-refractivity contribution in [3.05, 3.63) is 36.5 Å². The number of methoxy groups -OCH3 is 1. The van der Waals surface area contributed by atoms with Crippen molar-refractivity contribution in [1.82, 2.24) is 9.88 Å². The molecule has 1 amide bonds. The van der Waals surface area contributed by atoms with Gasteiger partial charge < -0.3 is 20.4 Å². The number of carbonyl (C=O) groups is 1. The Labute approximate surface area is 125 Å². The molecule has 0 bridgehead atoms. The van der Waals surface area contributed by atoms with Crippen LogP contribution in [-0.4, -0.2) is 36.8 Å². The van der Waals surface area contributed by atoms with Crippen molar-refractivity contribution in [3.63, 3.8) is 0 Å². The Kier molecular flexibility index (Phi) is 5.78. The van der Waals surface area contributed by atoms with Gasteiger partial charge in [0.05, 0.1) is 12.5 Å². The molecule has 0 aliphatic carbocycles. The van der Waals surface area contributed by atoms with Gasteiger partial charge in [0.15, 0.2) is 0 Å². The highest BCUT2D eigenvalue weighted by molar-refractivity contribution is 5.79. The van der Waals surface area contributed by atoms with E-state index in [0.29, 0.717) is 19.5 Å². The van der Waals surface area contributed by atoms with Crippen LogP contribution in [0.4, 0.5) is 0 Å². The lowest BCUT2D eigenvalue weighted by atomic mass is 10.2. The predicted molar refractivity (Wildman–Crippen MR) is 84.0 cm³/mol. The highest BCUT2D eigenvalue weighted by Gasteiger charge is 2.10. The van der Waals surface area contributed by atoms with Crippen LogP contribution in [0, 0.1) is 0 Å². The molecule has 2 aromatic rings. The normalized spacial score (nSPS) is 12.5. The van der Waals surface area contributed by atoms with Crippen LogP contribution in [0.5, 0.6) is 0 Å². The van der Waals surface area contributed by atoms with Gasteiger partial charge in [-0.3, -0.25) is 4.79 Å². The maximum Gasteiger partial charge on any atom is 0.222 e. The number of nitrogens with one attached hydrogen (secondary N) is 1. The summed E-state index contributed by atoms with van der Waals surface area (Å²) in [5, 5.41) is 4.15. The van der Waals surface area contributed by atoms with E-state index in [0.717, 1.165) is 13.0 Å². The van der Waals surface area contributed by atoms with Crippen LogP contribution >= 0.6 is 0 Å². The summed E-state index contributed by atoms with van der Waals surface area (Å²) in [5.41, 5.74) is 6.72. The second-order valence-electron chi connectivity index (χ2n) is 5.07. The van der Waals surface area contributed by atoms with Gasteiger partial charge >= 0.3 is 0 Å². The van der Waals surface area contributed by atoms with Crippen LogP contribution in [0.1, 0.15) is 12.8 Å². The SMILES string of the molecule is COC(CN)CC(=O)NCCCn1ccc2ccccc21. The van der Waals surface area contributed by atoms with Crippen LogP contribution in [0.25, 0.3) is 10.9 Å². The minimum Gasteiger partial charge on any atom is -0.380 e. The monoisotopic (exact) mass is 289 g/mol. The number of fused-ring (bicyclic) bond motifs is 1. The molecule has 1 aromatic heterocycles. The third-order valence-electron chi connectivity index (χ3n) is 3.59. The summed E-state index contributed by atoms with van der Waals surface area (Å²) < 4.78 is 7.30. The zero-order valence-electron chi connectivity index (χ0n) is 12.4. The molecule has 114 valence electrons. The summed E-state index contributed by atoms with van der Waals surface area (Å²) in [6.07, 6.45) is 3.10. The van der Waals surface area contributed by atoms with Crippen LogP contribution in [0.15, 0.2) is 36.5 Å². The summed E-state index contributed by atoms with van der Waals surface area (Å²) in [6.45, 7) is 1.91. The molecule has 5 heteroatoms. The topological polar surface area (TPSA) is 69.3 Å². The minimum atomic E-state index is -0.196. The molecule has 0 aliphatic rings. The molecule has 1 aromatic carbocycles. The molecule has 1 heterocycles. The zero-order chi connectivity index (χ0) is 15.1. The predicted octanol–water partition coefficient (Wildman–Crippen LogP) is 1.51. The summed E-state index contributed by atoms with van der Waals surface area (Å²) in [5.74, 6) is -0.00957. The van der Waals surface area contributed by atoms with Crippen LogP contribution < -0.4 is 11.1 Å². The number of ether oxygens (including phenoxy) is 1. The van der Waals surface area contributed by atoms with E-state index in [-0.39, 0.29) is 12.0 Å². The molecular formula is C16H23N3O2. The van der Waals surface area contributed by atoms with Gasteiger partial charge in [0.2, 0.25) is 5.91 Å². The maximum atomic E-state index is 11.7. The Morgan fingerprint density at radius 3 is 2.95 bits per heavy atom. The van der Waals surface area contributed by atoms with E-state index in [1.165, 1.54) is 10.9 Å². The average molecular weight is 289 g/mol. The van der Waals surface area contributed by atoms with Crippen LogP contribution in [-0.2, 0) is 16.1 Å². The maximum absolute atomic E-state index is 11.7. The van der Waals surface area contributed by atoms with E-state index in [2.05, 4.69) is 34.3 Å². The molecule has 1 atom stereocenters. The van der Waals surface area contributed by atoms with E-state index >= 15 is 0 Å². The van der Waals surface area contributed by atoms with Crippen molar-refractivity contribution in [2.24, 2.45) is 5.73 Å². The first-order valence-electron chi connectivity index (χ1n) is 7.28. The zero-order valence-corrected chi connectivity index (χ0v) is 12.4. The molecule has 5 nitrogen and oxygen atoms in total. The van der Waals surface area contributed by atoms with Crippen molar-refractivity contribution in [3.8, 4) is 0 Å². The number of amides is 1. The van der Waals surface area contributed by atoms with E-state index in [9.17, 15) is 4.79 Å². The molecular weight excluding hydrogens is 266 g/mol. The molecule has 21 heavy (non-hydrogen) atoms. The third-order valence-corrected chi connectivity index (χ3v) is 3.59.